The maximum absolute atomic E-state index is 13.6. The first-order valence-corrected chi connectivity index (χ1v) is 8.67. The van der Waals surface area contributed by atoms with E-state index >= 15 is 0 Å². The Kier molecular flexibility index (Phi) is 4.72. The maximum Gasteiger partial charge on any atom is 0.322 e. The number of aromatic nitrogens is 3. The van der Waals surface area contributed by atoms with Crippen LogP contribution in [0.1, 0.15) is 5.56 Å². The van der Waals surface area contributed by atoms with Crippen LogP contribution < -0.4 is 10.1 Å². The highest BCUT2D eigenvalue weighted by atomic mass is 19.1. The van der Waals surface area contributed by atoms with Gasteiger partial charge in [0.2, 0.25) is 5.91 Å². The second kappa shape index (κ2) is 7.48. The lowest BCUT2D eigenvalue weighted by atomic mass is 10.1. The quantitative estimate of drug-likeness (QED) is 0.570. The predicted octanol–water partition coefficient (Wildman–Crippen LogP) is 4.08. The van der Waals surface area contributed by atoms with Gasteiger partial charge >= 0.3 is 6.01 Å². The molecule has 0 fully saturated rings. The zero-order valence-electron chi connectivity index (χ0n) is 15.1. The van der Waals surface area contributed by atoms with Crippen LogP contribution in [-0.2, 0) is 18.3 Å². The van der Waals surface area contributed by atoms with Gasteiger partial charge in [0.15, 0.2) is 11.6 Å². The van der Waals surface area contributed by atoms with E-state index in [1.54, 1.807) is 12.1 Å². The normalized spacial score (nSPS) is 10.8. The van der Waals surface area contributed by atoms with Gasteiger partial charge in [0.05, 0.1) is 24.5 Å². The zero-order valence-corrected chi connectivity index (χ0v) is 15.1. The Morgan fingerprint density at radius 3 is 2.61 bits per heavy atom. The van der Waals surface area contributed by atoms with E-state index in [1.807, 2.05) is 42.1 Å². The molecule has 4 rings (SSSR count). The number of rotatable bonds is 5. The number of carbonyl (C=O) groups is 1. The first-order chi connectivity index (χ1) is 13.6. The van der Waals surface area contributed by atoms with Crippen LogP contribution in [0, 0.1) is 5.82 Å². The Hall–Kier alpha value is -3.74. The van der Waals surface area contributed by atoms with Gasteiger partial charge in [0.1, 0.15) is 0 Å². The van der Waals surface area contributed by atoms with Gasteiger partial charge in [-0.15, -0.1) is 0 Å². The number of nitrogens with zero attached hydrogens (tertiary/aromatic N) is 3. The van der Waals surface area contributed by atoms with Gasteiger partial charge in [-0.25, -0.2) is 14.4 Å². The van der Waals surface area contributed by atoms with Crippen molar-refractivity contribution < 1.29 is 13.9 Å². The molecule has 0 spiro atoms. The monoisotopic (exact) mass is 376 g/mol. The average Bonchev–Trinajstić information content (AvgIpc) is 3.01. The number of fused-ring (bicyclic) bond motifs is 1. The van der Waals surface area contributed by atoms with Crippen molar-refractivity contribution in [2.45, 2.75) is 6.42 Å². The van der Waals surface area contributed by atoms with Gasteiger partial charge in [-0.2, -0.15) is 0 Å². The largest absolute Gasteiger partial charge is 0.421 e. The van der Waals surface area contributed by atoms with Gasteiger partial charge in [-0.05, 0) is 23.8 Å². The van der Waals surface area contributed by atoms with Gasteiger partial charge in [0.25, 0.3) is 0 Å². The molecule has 28 heavy (non-hydrogen) atoms. The molecule has 0 atom stereocenters. The standard InChI is InChI=1S/C21H17FN4O2/c1-26-13-14(16-6-2-4-8-18(16)26)10-20(27)25-15-11-23-21(24-12-15)28-19-9-5-3-7-17(19)22/h2-9,11-13H,10H2,1H3,(H,25,27). The molecule has 0 aliphatic rings. The third-order valence-electron chi connectivity index (χ3n) is 4.28. The van der Waals surface area contributed by atoms with Crippen molar-refractivity contribution in [2.24, 2.45) is 7.05 Å². The lowest BCUT2D eigenvalue weighted by Gasteiger charge is -2.06. The van der Waals surface area contributed by atoms with Crippen molar-refractivity contribution in [3.05, 3.63) is 78.5 Å². The number of halogens is 1. The van der Waals surface area contributed by atoms with Crippen molar-refractivity contribution in [2.75, 3.05) is 5.32 Å². The van der Waals surface area contributed by atoms with Crippen molar-refractivity contribution in [1.82, 2.24) is 14.5 Å². The van der Waals surface area contributed by atoms with Crippen LogP contribution >= 0.6 is 0 Å². The van der Waals surface area contributed by atoms with E-state index in [0.717, 1.165) is 16.5 Å². The number of anilines is 1. The lowest BCUT2D eigenvalue weighted by molar-refractivity contribution is -0.115. The number of carbonyl (C=O) groups excluding carboxylic acids is 1. The third kappa shape index (κ3) is 3.68. The Labute approximate surface area is 160 Å². The van der Waals surface area contributed by atoms with Crippen LogP contribution in [0.2, 0.25) is 0 Å². The summed E-state index contributed by atoms with van der Waals surface area (Å²) in [6, 6.07) is 13.9. The molecule has 1 N–H and O–H groups in total. The Balaban J connectivity index is 1.42. The van der Waals surface area contributed by atoms with Gasteiger partial charge in [-0.1, -0.05) is 30.3 Å². The van der Waals surface area contributed by atoms with Crippen LogP contribution in [-0.4, -0.2) is 20.4 Å². The first-order valence-electron chi connectivity index (χ1n) is 8.67. The number of amides is 1. The molecule has 0 saturated heterocycles. The molecule has 4 aromatic rings. The van der Waals surface area contributed by atoms with Crippen LogP contribution in [0.25, 0.3) is 10.9 Å². The Morgan fingerprint density at radius 2 is 1.82 bits per heavy atom. The summed E-state index contributed by atoms with van der Waals surface area (Å²) in [7, 11) is 1.95. The zero-order chi connectivity index (χ0) is 19.5. The van der Waals surface area contributed by atoms with Crippen molar-refractivity contribution in [3.8, 4) is 11.8 Å². The molecule has 0 radical (unpaired) electrons. The van der Waals surface area contributed by atoms with Crippen LogP contribution in [0.4, 0.5) is 10.1 Å². The van der Waals surface area contributed by atoms with Gasteiger partial charge in [0, 0.05) is 24.1 Å². The summed E-state index contributed by atoms with van der Waals surface area (Å²) < 4.78 is 20.9. The predicted molar refractivity (Wildman–Crippen MR) is 104 cm³/mol. The molecule has 0 aliphatic carbocycles. The molecule has 2 aromatic heterocycles. The molecule has 2 heterocycles. The highest BCUT2D eigenvalue weighted by Gasteiger charge is 2.11. The minimum absolute atomic E-state index is 0.00264. The smallest absolute Gasteiger partial charge is 0.322 e. The van der Waals surface area contributed by atoms with Crippen LogP contribution in [0.3, 0.4) is 0 Å². The van der Waals surface area contributed by atoms with E-state index in [9.17, 15) is 9.18 Å². The molecular weight excluding hydrogens is 359 g/mol. The SMILES string of the molecule is Cn1cc(CC(=O)Nc2cnc(Oc3ccccc3F)nc2)c2ccccc21. The third-order valence-corrected chi connectivity index (χ3v) is 4.28. The summed E-state index contributed by atoms with van der Waals surface area (Å²) in [6.45, 7) is 0. The molecule has 0 aliphatic heterocycles. The number of ether oxygens (including phenoxy) is 1. The molecule has 0 unspecified atom stereocenters. The number of nitrogens with one attached hydrogen (secondary N) is 1. The molecule has 140 valence electrons. The second-order valence-electron chi connectivity index (χ2n) is 6.29. The lowest BCUT2D eigenvalue weighted by Crippen LogP contribution is -2.14. The van der Waals surface area contributed by atoms with E-state index in [1.165, 1.54) is 24.5 Å². The van der Waals surface area contributed by atoms with Crippen molar-refractivity contribution in [1.29, 1.82) is 0 Å². The highest BCUT2D eigenvalue weighted by Crippen LogP contribution is 2.22. The fourth-order valence-electron chi connectivity index (χ4n) is 3.00. The minimum Gasteiger partial charge on any atom is -0.421 e. The molecule has 0 bridgehead atoms. The Bertz CT molecular complexity index is 1140. The maximum atomic E-state index is 13.6. The number of hydrogen-bond acceptors (Lipinski definition) is 4. The summed E-state index contributed by atoms with van der Waals surface area (Å²) in [5.41, 5.74) is 2.45. The van der Waals surface area contributed by atoms with E-state index in [-0.39, 0.29) is 24.1 Å². The van der Waals surface area contributed by atoms with E-state index in [0.29, 0.717) is 5.69 Å². The van der Waals surface area contributed by atoms with E-state index in [2.05, 4.69) is 15.3 Å². The molecule has 6 nitrogen and oxygen atoms in total. The average molecular weight is 376 g/mol. The molecule has 2 aromatic carbocycles. The topological polar surface area (TPSA) is 69.0 Å². The fraction of sp³-hybridized carbons (Fsp3) is 0.0952. The molecule has 1 amide bonds. The summed E-state index contributed by atoms with van der Waals surface area (Å²) in [5.74, 6) is -0.642. The van der Waals surface area contributed by atoms with Gasteiger partial charge < -0.3 is 14.6 Å². The summed E-state index contributed by atoms with van der Waals surface area (Å²) >= 11 is 0. The van der Waals surface area contributed by atoms with Crippen molar-refractivity contribution in [3.63, 3.8) is 0 Å². The summed E-state index contributed by atoms with van der Waals surface area (Å²) in [5, 5.41) is 3.81. The van der Waals surface area contributed by atoms with Gasteiger partial charge in [-0.3, -0.25) is 4.79 Å². The minimum atomic E-state index is -0.501. The van der Waals surface area contributed by atoms with Crippen molar-refractivity contribution >= 4 is 22.5 Å². The number of hydrogen-bond donors (Lipinski definition) is 1. The second-order valence-corrected chi connectivity index (χ2v) is 6.29. The van der Waals surface area contributed by atoms with E-state index < -0.39 is 5.82 Å². The number of benzene rings is 2. The molecular formula is C21H17FN4O2. The van der Waals surface area contributed by atoms with Crippen LogP contribution in [0.5, 0.6) is 11.8 Å². The molecule has 0 saturated carbocycles. The van der Waals surface area contributed by atoms with Crippen LogP contribution in [0.15, 0.2) is 67.1 Å². The number of para-hydroxylation sites is 2. The van der Waals surface area contributed by atoms with E-state index in [4.69, 9.17) is 4.74 Å². The summed E-state index contributed by atoms with van der Waals surface area (Å²) in [6.07, 6.45) is 5.02. The Morgan fingerprint density at radius 1 is 1.11 bits per heavy atom. The fourth-order valence-corrected chi connectivity index (χ4v) is 3.00. The molecule has 7 heteroatoms. The highest BCUT2D eigenvalue weighted by molar-refractivity contribution is 5.95. The number of aryl methyl sites for hydroxylation is 1. The first kappa shape index (κ1) is 17.7. The summed E-state index contributed by atoms with van der Waals surface area (Å²) in [4.78, 5) is 20.4.